The van der Waals surface area contributed by atoms with Gasteiger partial charge in [-0.25, -0.2) is 0 Å². The Balaban J connectivity index is 1.58. The third-order valence-electron chi connectivity index (χ3n) is 3.35. The van der Waals surface area contributed by atoms with E-state index in [1.54, 1.807) is 19.5 Å². The van der Waals surface area contributed by atoms with E-state index in [4.69, 9.17) is 17.0 Å². The topological polar surface area (TPSA) is 58.5 Å². The van der Waals surface area contributed by atoms with Crippen LogP contribution < -0.4 is 15.5 Å². The van der Waals surface area contributed by atoms with Gasteiger partial charge in [0.25, 0.3) is 0 Å². The number of anilines is 1. The minimum absolute atomic E-state index is 0.416. The van der Waals surface area contributed by atoms with Crippen molar-refractivity contribution in [3.63, 3.8) is 0 Å². The molecule has 0 saturated heterocycles. The molecule has 0 aliphatic rings. The number of nitrogens with one attached hydrogen (secondary N) is 2. The van der Waals surface area contributed by atoms with Crippen LogP contribution in [0.4, 0.5) is 5.69 Å². The molecule has 3 aromatic rings. The van der Waals surface area contributed by atoms with E-state index in [0.717, 1.165) is 27.9 Å². The Morgan fingerprint density at radius 2 is 2.00 bits per heavy atom. The van der Waals surface area contributed by atoms with E-state index in [9.17, 15) is 0 Å². The predicted octanol–water partition coefficient (Wildman–Crippen LogP) is 3.56. The smallest absolute Gasteiger partial charge is 0.191 e. The maximum Gasteiger partial charge on any atom is 0.191 e. The van der Waals surface area contributed by atoms with Gasteiger partial charge in [0.15, 0.2) is 5.11 Å². The normalized spacial score (nSPS) is 10.7. The summed E-state index contributed by atoms with van der Waals surface area (Å²) >= 11 is 5.21. The van der Waals surface area contributed by atoms with Crippen molar-refractivity contribution in [2.75, 3.05) is 12.4 Å². The molecule has 24 heavy (non-hydrogen) atoms. The Labute approximate surface area is 145 Å². The largest absolute Gasteiger partial charge is 0.497 e. The number of ether oxygens (including phenoxy) is 1. The Kier molecular flexibility index (Phi) is 4.98. The van der Waals surface area contributed by atoms with Crippen molar-refractivity contribution in [1.82, 2.24) is 10.4 Å². The Morgan fingerprint density at radius 3 is 2.79 bits per heavy atom. The van der Waals surface area contributed by atoms with Crippen LogP contribution in [0.15, 0.2) is 65.9 Å². The number of pyridine rings is 1. The van der Waals surface area contributed by atoms with Gasteiger partial charge >= 0.3 is 0 Å². The van der Waals surface area contributed by atoms with Crippen LogP contribution >= 0.6 is 12.2 Å². The van der Waals surface area contributed by atoms with E-state index in [0.29, 0.717) is 5.11 Å². The Hall–Kier alpha value is -2.99. The van der Waals surface area contributed by atoms with Crippen molar-refractivity contribution in [3.05, 3.63) is 66.4 Å². The molecule has 0 aliphatic carbocycles. The molecule has 120 valence electrons. The molecule has 0 fully saturated rings. The molecule has 0 atom stereocenters. The molecule has 6 heteroatoms. The monoisotopic (exact) mass is 336 g/mol. The summed E-state index contributed by atoms with van der Waals surface area (Å²) in [5.74, 6) is 0.795. The number of aromatic nitrogens is 1. The summed E-state index contributed by atoms with van der Waals surface area (Å²) in [6.45, 7) is 0. The van der Waals surface area contributed by atoms with Gasteiger partial charge in [0.2, 0.25) is 0 Å². The van der Waals surface area contributed by atoms with Gasteiger partial charge in [0, 0.05) is 17.3 Å². The highest BCUT2D eigenvalue weighted by Crippen LogP contribution is 2.15. The maximum absolute atomic E-state index is 5.21. The second-order valence-corrected chi connectivity index (χ2v) is 5.42. The van der Waals surface area contributed by atoms with Crippen molar-refractivity contribution >= 4 is 40.1 Å². The summed E-state index contributed by atoms with van der Waals surface area (Å²) < 4.78 is 5.11. The van der Waals surface area contributed by atoms with Crippen molar-refractivity contribution in [1.29, 1.82) is 0 Å². The van der Waals surface area contributed by atoms with Crippen LogP contribution in [-0.2, 0) is 0 Å². The molecule has 3 rings (SSSR count). The summed E-state index contributed by atoms with van der Waals surface area (Å²) in [7, 11) is 1.63. The number of fused-ring (bicyclic) bond motifs is 1. The summed E-state index contributed by atoms with van der Waals surface area (Å²) in [4.78, 5) is 4.29. The fourth-order valence-corrected chi connectivity index (χ4v) is 2.34. The zero-order valence-corrected chi connectivity index (χ0v) is 13.9. The zero-order valence-electron chi connectivity index (χ0n) is 13.1. The van der Waals surface area contributed by atoms with Crippen LogP contribution in [0.1, 0.15) is 5.56 Å². The molecule has 0 amide bonds. The Morgan fingerprint density at radius 1 is 1.17 bits per heavy atom. The molecule has 2 N–H and O–H groups in total. The minimum atomic E-state index is 0.416. The molecule has 0 spiro atoms. The van der Waals surface area contributed by atoms with Gasteiger partial charge < -0.3 is 10.1 Å². The highest BCUT2D eigenvalue weighted by molar-refractivity contribution is 7.80. The quantitative estimate of drug-likeness (QED) is 0.433. The molecular formula is C18H16N4OS. The van der Waals surface area contributed by atoms with Crippen molar-refractivity contribution < 1.29 is 4.74 Å². The van der Waals surface area contributed by atoms with Crippen LogP contribution in [0.5, 0.6) is 5.75 Å². The number of hydrogen-bond acceptors (Lipinski definition) is 4. The van der Waals surface area contributed by atoms with E-state index in [-0.39, 0.29) is 0 Å². The van der Waals surface area contributed by atoms with Crippen molar-refractivity contribution in [3.8, 4) is 5.75 Å². The highest BCUT2D eigenvalue weighted by atomic mass is 32.1. The fraction of sp³-hybridized carbons (Fsp3) is 0.0556. The lowest BCUT2D eigenvalue weighted by Crippen LogP contribution is -2.23. The molecule has 1 heterocycles. The summed E-state index contributed by atoms with van der Waals surface area (Å²) in [5.41, 5.74) is 5.59. The van der Waals surface area contributed by atoms with Gasteiger partial charge in [-0.1, -0.05) is 12.1 Å². The maximum atomic E-state index is 5.21. The first kappa shape index (κ1) is 15.9. The lowest BCUT2D eigenvalue weighted by Gasteiger charge is -2.07. The summed E-state index contributed by atoms with van der Waals surface area (Å²) in [6, 6.07) is 17.4. The third kappa shape index (κ3) is 4.05. The van der Waals surface area contributed by atoms with Gasteiger partial charge in [-0.3, -0.25) is 10.4 Å². The first-order chi connectivity index (χ1) is 11.7. The van der Waals surface area contributed by atoms with E-state index >= 15 is 0 Å². The molecule has 5 nitrogen and oxygen atoms in total. The first-order valence-corrected chi connectivity index (χ1v) is 7.74. The SMILES string of the molecule is COc1ccc(NC(=S)N/N=C\c2ccc3ncccc3c2)cc1. The summed E-state index contributed by atoms with van der Waals surface area (Å²) in [5, 5.41) is 8.69. The number of benzene rings is 2. The number of hydrogen-bond donors (Lipinski definition) is 2. The molecule has 2 aromatic carbocycles. The van der Waals surface area contributed by atoms with E-state index in [1.807, 2.05) is 54.6 Å². The molecule has 0 aliphatic heterocycles. The average molecular weight is 336 g/mol. The van der Waals surface area contributed by atoms with E-state index in [1.165, 1.54) is 0 Å². The summed E-state index contributed by atoms with van der Waals surface area (Å²) in [6.07, 6.45) is 3.50. The molecule has 1 aromatic heterocycles. The van der Waals surface area contributed by atoms with Crippen LogP contribution in [-0.4, -0.2) is 23.4 Å². The lowest BCUT2D eigenvalue weighted by molar-refractivity contribution is 0.415. The van der Waals surface area contributed by atoms with Crippen LogP contribution in [0.2, 0.25) is 0 Å². The second kappa shape index (κ2) is 7.52. The second-order valence-electron chi connectivity index (χ2n) is 5.01. The van der Waals surface area contributed by atoms with Gasteiger partial charge in [-0.2, -0.15) is 5.10 Å². The predicted molar refractivity (Wildman–Crippen MR) is 102 cm³/mol. The van der Waals surface area contributed by atoms with Gasteiger partial charge in [0.1, 0.15) is 5.75 Å². The minimum Gasteiger partial charge on any atom is -0.497 e. The van der Waals surface area contributed by atoms with Crippen molar-refractivity contribution in [2.45, 2.75) is 0 Å². The van der Waals surface area contributed by atoms with Crippen LogP contribution in [0.25, 0.3) is 10.9 Å². The number of nitrogens with zero attached hydrogens (tertiary/aromatic N) is 2. The Bertz CT molecular complexity index is 878. The van der Waals surface area contributed by atoms with Gasteiger partial charge in [0.05, 0.1) is 18.8 Å². The van der Waals surface area contributed by atoms with Gasteiger partial charge in [-0.15, -0.1) is 0 Å². The molecule has 0 saturated carbocycles. The number of hydrazone groups is 1. The molecule has 0 bridgehead atoms. The van der Waals surface area contributed by atoms with Crippen molar-refractivity contribution in [2.24, 2.45) is 5.10 Å². The standard InChI is InChI=1S/C18H16N4OS/c1-23-16-7-5-15(6-8-16)21-18(24)22-20-12-13-4-9-17-14(11-13)3-2-10-19-17/h2-12H,1H3,(H2,21,22,24)/b20-12-. The zero-order chi connectivity index (χ0) is 16.8. The molecule has 0 radical (unpaired) electrons. The highest BCUT2D eigenvalue weighted by Gasteiger charge is 1.98. The van der Waals surface area contributed by atoms with Crippen LogP contribution in [0.3, 0.4) is 0 Å². The molecular weight excluding hydrogens is 320 g/mol. The van der Waals surface area contributed by atoms with Crippen LogP contribution in [0, 0.1) is 0 Å². The number of rotatable bonds is 4. The lowest BCUT2D eigenvalue weighted by atomic mass is 10.1. The third-order valence-corrected chi connectivity index (χ3v) is 3.55. The average Bonchev–Trinajstić information content (AvgIpc) is 2.62. The number of methoxy groups -OCH3 is 1. The van der Waals surface area contributed by atoms with E-state index < -0.39 is 0 Å². The molecule has 0 unspecified atom stereocenters. The number of thiocarbonyl (C=S) groups is 1. The fourth-order valence-electron chi connectivity index (χ4n) is 2.17. The van der Waals surface area contributed by atoms with Gasteiger partial charge in [-0.05, 0) is 60.2 Å². The van der Waals surface area contributed by atoms with E-state index in [2.05, 4.69) is 20.8 Å². The first-order valence-electron chi connectivity index (χ1n) is 7.33.